The molecule has 5 rings (SSSR count). The van der Waals surface area contributed by atoms with E-state index in [4.69, 9.17) is 11.6 Å². The van der Waals surface area contributed by atoms with E-state index in [1.54, 1.807) is 18.2 Å². The lowest BCUT2D eigenvalue weighted by molar-refractivity contribution is 0.628. The summed E-state index contributed by atoms with van der Waals surface area (Å²) in [5.41, 5.74) is 4.18. The van der Waals surface area contributed by atoms with Crippen molar-refractivity contribution in [1.82, 2.24) is 25.1 Å². The minimum absolute atomic E-state index is 0.216. The van der Waals surface area contributed by atoms with Crippen molar-refractivity contribution in [2.45, 2.75) is 6.92 Å². The molecule has 5 aromatic rings. The van der Waals surface area contributed by atoms with Crippen molar-refractivity contribution >= 4 is 33.7 Å². The Morgan fingerprint density at radius 1 is 0.966 bits per heavy atom. The molecule has 2 aromatic carbocycles. The highest BCUT2D eigenvalue weighted by Gasteiger charge is 2.17. The molecule has 3 aromatic heterocycles. The van der Waals surface area contributed by atoms with Gasteiger partial charge in [0.25, 0.3) is 0 Å². The number of aromatic amines is 2. The van der Waals surface area contributed by atoms with Crippen LogP contribution in [0.1, 0.15) is 5.69 Å². The number of H-pyrrole nitrogens is 2. The number of rotatable bonds is 2. The van der Waals surface area contributed by atoms with E-state index >= 15 is 0 Å². The molecule has 0 atom stereocenters. The Hall–Kier alpha value is -3.58. The zero-order valence-corrected chi connectivity index (χ0v) is 15.9. The van der Waals surface area contributed by atoms with Gasteiger partial charge in [-0.2, -0.15) is 5.10 Å². The van der Waals surface area contributed by atoms with Gasteiger partial charge < -0.3 is 4.98 Å². The van der Waals surface area contributed by atoms with Crippen LogP contribution in [-0.4, -0.2) is 25.1 Å². The average molecular weight is 406 g/mol. The fourth-order valence-corrected chi connectivity index (χ4v) is 3.59. The third-order valence-electron chi connectivity index (χ3n) is 4.78. The van der Waals surface area contributed by atoms with Gasteiger partial charge in [0, 0.05) is 34.5 Å². The lowest BCUT2D eigenvalue weighted by Gasteiger charge is -2.11. The number of nitrogens with zero attached hydrogens (tertiary/aromatic N) is 3. The van der Waals surface area contributed by atoms with E-state index in [1.165, 1.54) is 24.4 Å². The maximum Gasteiger partial charge on any atom is 0.209 e. The van der Waals surface area contributed by atoms with Crippen molar-refractivity contribution in [2.24, 2.45) is 0 Å². The lowest BCUT2D eigenvalue weighted by atomic mass is 10.0. The second kappa shape index (κ2) is 6.49. The summed E-state index contributed by atoms with van der Waals surface area (Å²) in [7, 11) is 0. The van der Waals surface area contributed by atoms with Crippen molar-refractivity contribution in [3.05, 3.63) is 75.4 Å². The molecule has 142 valence electrons. The minimum Gasteiger partial charge on any atom is -0.345 e. The van der Waals surface area contributed by atoms with E-state index in [0.717, 1.165) is 11.1 Å². The maximum absolute atomic E-state index is 13.5. The first-order valence-corrected chi connectivity index (χ1v) is 9.19. The highest BCUT2D eigenvalue weighted by Crippen LogP contribution is 2.35. The van der Waals surface area contributed by atoms with Gasteiger partial charge in [-0.15, -0.1) is 0 Å². The van der Waals surface area contributed by atoms with Gasteiger partial charge in [-0.25, -0.2) is 14.4 Å². The summed E-state index contributed by atoms with van der Waals surface area (Å²) in [6.45, 7) is 1.90. The van der Waals surface area contributed by atoms with Gasteiger partial charge in [0.2, 0.25) is 5.43 Å². The number of hydrogen-bond donors (Lipinski definition) is 2. The fourth-order valence-electron chi connectivity index (χ4n) is 3.33. The van der Waals surface area contributed by atoms with Crippen molar-refractivity contribution in [2.75, 3.05) is 0 Å². The molecule has 8 heteroatoms. The molecule has 0 saturated carbocycles. The predicted molar refractivity (Wildman–Crippen MR) is 110 cm³/mol. The van der Waals surface area contributed by atoms with Crippen LogP contribution in [0.3, 0.4) is 0 Å². The van der Waals surface area contributed by atoms with Crippen LogP contribution in [0.5, 0.6) is 0 Å². The SMILES string of the molecule is Cc1[nH]nc2c(Cl)cc(-c3nc4c(=O)cc[nH]c4nc3-c3ccc(F)cc3)cc12. The predicted octanol–water partition coefficient (Wildman–Crippen LogP) is 4.63. The average Bonchev–Trinajstić information content (AvgIpc) is 3.09. The van der Waals surface area contributed by atoms with Crippen LogP contribution < -0.4 is 5.43 Å². The van der Waals surface area contributed by atoms with Crippen molar-refractivity contribution < 1.29 is 4.39 Å². The van der Waals surface area contributed by atoms with Crippen molar-refractivity contribution in [3.63, 3.8) is 0 Å². The van der Waals surface area contributed by atoms with Gasteiger partial charge in [0.05, 0.1) is 16.4 Å². The molecule has 0 aliphatic rings. The second-order valence-electron chi connectivity index (χ2n) is 6.67. The van der Waals surface area contributed by atoms with Crippen LogP contribution in [0.15, 0.2) is 53.5 Å². The Bertz CT molecular complexity index is 1460. The molecule has 3 heterocycles. The number of hydrogen-bond acceptors (Lipinski definition) is 4. The molecule has 0 unspecified atom stereocenters. The summed E-state index contributed by atoms with van der Waals surface area (Å²) in [6.07, 6.45) is 1.52. The first-order chi connectivity index (χ1) is 14.0. The van der Waals surface area contributed by atoms with Gasteiger partial charge in [0.15, 0.2) is 11.2 Å². The zero-order chi connectivity index (χ0) is 20.1. The number of pyridine rings is 1. The summed E-state index contributed by atoms with van der Waals surface area (Å²) in [4.78, 5) is 24.5. The summed E-state index contributed by atoms with van der Waals surface area (Å²) < 4.78 is 13.5. The molecular formula is C21H13ClFN5O. The monoisotopic (exact) mass is 405 g/mol. The third-order valence-corrected chi connectivity index (χ3v) is 5.07. The van der Waals surface area contributed by atoms with E-state index in [1.807, 2.05) is 13.0 Å². The first kappa shape index (κ1) is 17.5. The molecule has 0 fully saturated rings. The van der Waals surface area contributed by atoms with E-state index in [9.17, 15) is 9.18 Å². The molecular weight excluding hydrogens is 393 g/mol. The summed E-state index contributed by atoms with van der Waals surface area (Å²) in [6, 6.07) is 11.0. The molecule has 0 aliphatic heterocycles. The van der Waals surface area contributed by atoms with Crippen molar-refractivity contribution in [1.29, 1.82) is 0 Å². The van der Waals surface area contributed by atoms with Crippen LogP contribution in [0, 0.1) is 12.7 Å². The smallest absolute Gasteiger partial charge is 0.209 e. The largest absolute Gasteiger partial charge is 0.345 e. The number of benzene rings is 2. The van der Waals surface area contributed by atoms with Crippen LogP contribution >= 0.6 is 11.6 Å². The quantitative estimate of drug-likeness (QED) is 0.448. The summed E-state index contributed by atoms with van der Waals surface area (Å²) in [5.74, 6) is -0.351. The van der Waals surface area contributed by atoms with Gasteiger partial charge in [0.1, 0.15) is 11.3 Å². The lowest BCUT2D eigenvalue weighted by Crippen LogP contribution is -2.06. The molecule has 0 amide bonds. The van der Waals surface area contributed by atoms with Crippen LogP contribution in [0.2, 0.25) is 5.02 Å². The normalized spacial score (nSPS) is 11.4. The Labute approximate surface area is 168 Å². The standard InChI is InChI=1S/C21H13ClFN5O/c1-10-14-8-12(9-15(22)19(14)28-27-10)18-17(11-2-4-13(23)5-3-11)26-21-20(25-18)16(29)6-7-24-21/h2-9H,1H3,(H,27,28)(H,24,26,29). The number of fused-ring (bicyclic) bond motifs is 2. The Morgan fingerprint density at radius 3 is 2.52 bits per heavy atom. The molecule has 29 heavy (non-hydrogen) atoms. The molecule has 0 radical (unpaired) electrons. The van der Waals surface area contributed by atoms with E-state index in [-0.39, 0.29) is 16.8 Å². The van der Waals surface area contributed by atoms with Gasteiger partial charge in [-0.05, 0) is 43.3 Å². The maximum atomic E-state index is 13.5. The van der Waals surface area contributed by atoms with Crippen LogP contribution in [-0.2, 0) is 0 Å². The summed E-state index contributed by atoms with van der Waals surface area (Å²) in [5, 5.41) is 8.44. The Morgan fingerprint density at radius 2 is 1.72 bits per heavy atom. The molecule has 6 nitrogen and oxygen atoms in total. The number of aryl methyl sites for hydroxylation is 1. The second-order valence-corrected chi connectivity index (χ2v) is 7.08. The Balaban J connectivity index is 1.87. The van der Waals surface area contributed by atoms with E-state index in [2.05, 4.69) is 25.1 Å². The highest BCUT2D eigenvalue weighted by atomic mass is 35.5. The molecule has 0 aliphatic carbocycles. The number of nitrogens with one attached hydrogen (secondary N) is 2. The highest BCUT2D eigenvalue weighted by molar-refractivity contribution is 6.35. The van der Waals surface area contributed by atoms with E-state index in [0.29, 0.717) is 38.7 Å². The third kappa shape index (κ3) is 2.87. The first-order valence-electron chi connectivity index (χ1n) is 8.81. The zero-order valence-electron chi connectivity index (χ0n) is 15.1. The van der Waals surface area contributed by atoms with Gasteiger partial charge in [-0.3, -0.25) is 9.89 Å². The molecule has 0 saturated heterocycles. The summed E-state index contributed by atoms with van der Waals surface area (Å²) >= 11 is 6.45. The molecule has 2 N–H and O–H groups in total. The fraction of sp³-hybridized carbons (Fsp3) is 0.0476. The molecule has 0 spiro atoms. The topological polar surface area (TPSA) is 87.3 Å². The van der Waals surface area contributed by atoms with Gasteiger partial charge in [-0.1, -0.05) is 11.6 Å². The molecule has 0 bridgehead atoms. The van der Waals surface area contributed by atoms with E-state index < -0.39 is 0 Å². The van der Waals surface area contributed by atoms with Crippen molar-refractivity contribution in [3.8, 4) is 22.5 Å². The Kier molecular flexibility index (Phi) is 3.92. The number of halogens is 2. The minimum atomic E-state index is -0.351. The van der Waals surface area contributed by atoms with Gasteiger partial charge >= 0.3 is 0 Å². The number of aromatic nitrogens is 5. The van der Waals surface area contributed by atoms with Crippen LogP contribution in [0.4, 0.5) is 4.39 Å². The van der Waals surface area contributed by atoms with Crippen LogP contribution in [0.25, 0.3) is 44.6 Å².